The number of aliphatic hydroxyl groups is 1. The number of imide groups is 1. The number of anilines is 1. The lowest BCUT2D eigenvalue weighted by Gasteiger charge is -2.33. The van der Waals surface area contributed by atoms with Gasteiger partial charge in [-0.2, -0.15) is 0 Å². The van der Waals surface area contributed by atoms with Crippen molar-refractivity contribution in [1.29, 1.82) is 0 Å². The zero-order valence-electron chi connectivity index (χ0n) is 11.2. The summed E-state index contributed by atoms with van der Waals surface area (Å²) in [6.07, 6.45) is 0. The Morgan fingerprint density at radius 2 is 1.79 bits per heavy atom. The van der Waals surface area contributed by atoms with Gasteiger partial charge in [0.1, 0.15) is 0 Å². The molecule has 1 heterocycles. The molecule has 1 aliphatic heterocycles. The molecule has 0 aromatic heterocycles. The maximum Gasteiger partial charge on any atom is 0.248 e. The molecule has 0 saturated carbocycles. The topological polar surface area (TPSA) is 60.9 Å². The van der Waals surface area contributed by atoms with E-state index in [0.717, 1.165) is 16.2 Å². The number of likely N-dealkylation sites (N-methyl/N-ethyl adjacent to an activating group) is 1. The maximum atomic E-state index is 11.8. The van der Waals surface area contributed by atoms with Crippen molar-refractivity contribution in [2.75, 3.05) is 31.6 Å². The van der Waals surface area contributed by atoms with Gasteiger partial charge < -0.3 is 10.0 Å². The summed E-state index contributed by atoms with van der Waals surface area (Å²) in [7, 11) is 1.50. The van der Waals surface area contributed by atoms with E-state index < -0.39 is 0 Å². The molecule has 1 aromatic rings. The van der Waals surface area contributed by atoms with Crippen molar-refractivity contribution < 1.29 is 14.7 Å². The van der Waals surface area contributed by atoms with Crippen LogP contribution in [0.15, 0.2) is 24.3 Å². The lowest BCUT2D eigenvalue weighted by Crippen LogP contribution is -2.52. The minimum atomic E-state index is -0.206. The predicted molar refractivity (Wildman–Crippen MR) is 71.9 cm³/mol. The van der Waals surface area contributed by atoms with Crippen LogP contribution >= 0.6 is 0 Å². The van der Waals surface area contributed by atoms with Gasteiger partial charge in [0.25, 0.3) is 0 Å². The number of piperazine rings is 1. The fraction of sp³-hybridized carbons (Fsp3) is 0.429. The van der Waals surface area contributed by atoms with Crippen LogP contribution in [0.3, 0.4) is 0 Å². The minimum absolute atomic E-state index is 0.0268. The molecule has 1 saturated heterocycles. The Kier molecular flexibility index (Phi) is 3.85. The first-order chi connectivity index (χ1) is 9.04. The van der Waals surface area contributed by atoms with Gasteiger partial charge in [0.15, 0.2) is 0 Å². The number of benzene rings is 1. The highest BCUT2D eigenvalue weighted by molar-refractivity contribution is 6.02. The van der Waals surface area contributed by atoms with Crippen molar-refractivity contribution in [3.63, 3.8) is 0 Å². The Balaban J connectivity index is 2.32. The first kappa shape index (κ1) is 13.5. The molecule has 0 aliphatic carbocycles. The van der Waals surface area contributed by atoms with E-state index in [1.165, 1.54) is 7.05 Å². The molecule has 0 radical (unpaired) electrons. The quantitative estimate of drug-likeness (QED) is 0.810. The van der Waals surface area contributed by atoms with Gasteiger partial charge in [0.2, 0.25) is 11.8 Å². The predicted octanol–water partition coefficient (Wildman–Crippen LogP) is 0.587. The molecule has 1 N–H and O–H groups in total. The van der Waals surface area contributed by atoms with Crippen molar-refractivity contribution >= 4 is 17.5 Å². The van der Waals surface area contributed by atoms with Crippen LogP contribution in [0.4, 0.5) is 5.69 Å². The third-order valence-corrected chi connectivity index (χ3v) is 3.48. The summed E-state index contributed by atoms with van der Waals surface area (Å²) in [6.45, 7) is 2.33. The molecule has 102 valence electrons. The average Bonchev–Trinajstić information content (AvgIpc) is 2.43. The Labute approximate surface area is 112 Å². The number of carbonyl (C=O) groups is 2. The van der Waals surface area contributed by atoms with Gasteiger partial charge in [-0.15, -0.1) is 0 Å². The summed E-state index contributed by atoms with van der Waals surface area (Å²) < 4.78 is 0. The summed E-state index contributed by atoms with van der Waals surface area (Å²) in [5, 5.41) is 9.30. The maximum absolute atomic E-state index is 11.8. The van der Waals surface area contributed by atoms with Crippen LogP contribution in [0.5, 0.6) is 0 Å². The molecule has 1 fully saturated rings. The number of aliphatic hydroxyl groups excluding tert-OH is 1. The summed E-state index contributed by atoms with van der Waals surface area (Å²) >= 11 is 0. The van der Waals surface area contributed by atoms with Crippen LogP contribution < -0.4 is 4.90 Å². The average molecular weight is 262 g/mol. The molecule has 5 nitrogen and oxygen atoms in total. The molecule has 2 rings (SSSR count). The van der Waals surface area contributed by atoms with Crippen LogP contribution in [0.25, 0.3) is 0 Å². The molecule has 1 atom stereocenters. The van der Waals surface area contributed by atoms with E-state index in [-0.39, 0.29) is 37.4 Å². The molecule has 19 heavy (non-hydrogen) atoms. The van der Waals surface area contributed by atoms with Gasteiger partial charge in [-0.3, -0.25) is 14.5 Å². The normalized spacial score (nSPS) is 17.8. The van der Waals surface area contributed by atoms with Crippen molar-refractivity contribution in [3.8, 4) is 0 Å². The largest absolute Gasteiger partial charge is 0.396 e. The van der Waals surface area contributed by atoms with Crippen LogP contribution in [0.1, 0.15) is 18.4 Å². The molecule has 5 heteroatoms. The van der Waals surface area contributed by atoms with Gasteiger partial charge in [0, 0.05) is 25.3 Å². The molecule has 1 aromatic carbocycles. The van der Waals surface area contributed by atoms with E-state index in [0.29, 0.717) is 0 Å². The third kappa shape index (κ3) is 2.61. The second-order valence-corrected chi connectivity index (χ2v) is 4.84. The Bertz CT molecular complexity index is 483. The second kappa shape index (κ2) is 5.40. The molecule has 0 bridgehead atoms. The SMILES string of the molecule is CC(CO)c1ccccc1N1CC(=O)N(C)C(=O)C1. The second-order valence-electron chi connectivity index (χ2n) is 4.84. The lowest BCUT2D eigenvalue weighted by atomic mass is 9.99. The monoisotopic (exact) mass is 262 g/mol. The van der Waals surface area contributed by atoms with E-state index in [1.54, 1.807) is 4.90 Å². The van der Waals surface area contributed by atoms with Crippen LogP contribution in [-0.2, 0) is 9.59 Å². The summed E-state index contributed by atoms with van der Waals surface area (Å²) in [5.74, 6) is -0.438. The lowest BCUT2D eigenvalue weighted by molar-refractivity contribution is -0.143. The van der Waals surface area contributed by atoms with Gasteiger partial charge in [-0.1, -0.05) is 25.1 Å². The van der Waals surface area contributed by atoms with Gasteiger partial charge in [-0.25, -0.2) is 0 Å². The van der Waals surface area contributed by atoms with E-state index in [2.05, 4.69) is 0 Å². The van der Waals surface area contributed by atoms with E-state index in [4.69, 9.17) is 0 Å². The van der Waals surface area contributed by atoms with Crippen molar-refractivity contribution in [1.82, 2.24) is 4.90 Å². The van der Waals surface area contributed by atoms with Crippen LogP contribution in [0.2, 0.25) is 0 Å². The highest BCUT2D eigenvalue weighted by Crippen LogP contribution is 2.28. The van der Waals surface area contributed by atoms with E-state index in [1.807, 2.05) is 31.2 Å². The van der Waals surface area contributed by atoms with Gasteiger partial charge in [0.05, 0.1) is 13.1 Å². The van der Waals surface area contributed by atoms with Crippen molar-refractivity contribution in [2.45, 2.75) is 12.8 Å². The minimum Gasteiger partial charge on any atom is -0.396 e. The number of amides is 2. The van der Waals surface area contributed by atoms with E-state index >= 15 is 0 Å². The number of hydrogen-bond donors (Lipinski definition) is 1. The Morgan fingerprint density at radius 3 is 2.37 bits per heavy atom. The fourth-order valence-electron chi connectivity index (χ4n) is 2.19. The summed E-state index contributed by atoms with van der Waals surface area (Å²) in [6, 6.07) is 7.57. The highest BCUT2D eigenvalue weighted by Gasteiger charge is 2.29. The van der Waals surface area contributed by atoms with Gasteiger partial charge >= 0.3 is 0 Å². The molecule has 1 unspecified atom stereocenters. The Hall–Kier alpha value is -1.88. The number of para-hydroxylation sites is 1. The van der Waals surface area contributed by atoms with Crippen LogP contribution in [0, 0.1) is 0 Å². The standard InChI is InChI=1S/C14H18N2O3/c1-10(9-17)11-5-3-4-6-12(11)16-7-13(18)15(2)14(19)8-16/h3-6,10,17H,7-9H2,1-2H3. The summed E-state index contributed by atoms with van der Waals surface area (Å²) in [5.41, 5.74) is 1.80. The molecule has 2 amide bonds. The molecular formula is C14H18N2O3. The zero-order chi connectivity index (χ0) is 14.0. The van der Waals surface area contributed by atoms with E-state index in [9.17, 15) is 14.7 Å². The van der Waals surface area contributed by atoms with Crippen molar-refractivity contribution in [3.05, 3.63) is 29.8 Å². The van der Waals surface area contributed by atoms with Gasteiger partial charge in [-0.05, 0) is 11.6 Å². The number of rotatable bonds is 3. The highest BCUT2D eigenvalue weighted by atomic mass is 16.3. The van der Waals surface area contributed by atoms with Crippen molar-refractivity contribution in [2.24, 2.45) is 0 Å². The first-order valence-corrected chi connectivity index (χ1v) is 6.28. The number of hydrogen-bond acceptors (Lipinski definition) is 4. The summed E-state index contributed by atoms with van der Waals surface area (Å²) in [4.78, 5) is 26.4. The smallest absolute Gasteiger partial charge is 0.248 e. The molecular weight excluding hydrogens is 244 g/mol. The number of carbonyl (C=O) groups excluding carboxylic acids is 2. The molecule has 0 spiro atoms. The zero-order valence-corrected chi connectivity index (χ0v) is 11.2. The first-order valence-electron chi connectivity index (χ1n) is 6.28. The number of nitrogens with zero attached hydrogens (tertiary/aromatic N) is 2. The third-order valence-electron chi connectivity index (χ3n) is 3.48. The fourth-order valence-corrected chi connectivity index (χ4v) is 2.19. The molecule has 1 aliphatic rings. The van der Waals surface area contributed by atoms with Crippen LogP contribution in [-0.4, -0.2) is 48.6 Å². The Morgan fingerprint density at radius 1 is 1.21 bits per heavy atom.